The highest BCUT2D eigenvalue weighted by atomic mass is 35.5. The number of fused-ring (bicyclic) bond motifs is 2. The first-order valence-corrected chi connectivity index (χ1v) is 9.61. The maximum absolute atomic E-state index is 13.3. The molecule has 4 nitrogen and oxygen atoms in total. The molecule has 2 aromatic rings. The van der Waals surface area contributed by atoms with Gasteiger partial charge in [0, 0.05) is 33.3 Å². The van der Waals surface area contributed by atoms with E-state index >= 15 is 0 Å². The molecule has 0 spiro atoms. The summed E-state index contributed by atoms with van der Waals surface area (Å²) in [7, 11) is 0. The molecule has 0 saturated heterocycles. The Hall–Kier alpha value is -2.85. The number of esters is 1. The number of benzene rings is 2. The van der Waals surface area contributed by atoms with Gasteiger partial charge in [0.1, 0.15) is 0 Å². The number of carbonyl (C=O) groups is 2. The van der Waals surface area contributed by atoms with Gasteiger partial charge in [-0.2, -0.15) is 0 Å². The summed E-state index contributed by atoms with van der Waals surface area (Å²) in [5.74, 6) is -1.04. The number of ketones is 1. The fraction of sp³-hybridized carbons (Fsp3) is 0.217. The molecule has 1 N–H and O–H groups in total. The predicted octanol–water partition coefficient (Wildman–Crippen LogP) is 4.78. The summed E-state index contributed by atoms with van der Waals surface area (Å²) < 4.78 is 5.31. The first-order chi connectivity index (χ1) is 13.4. The van der Waals surface area contributed by atoms with Gasteiger partial charge in [0.2, 0.25) is 0 Å². The average Bonchev–Trinajstić information content (AvgIpc) is 2.95. The minimum Gasteiger partial charge on any atom is -0.463 e. The topological polar surface area (TPSA) is 55.4 Å². The van der Waals surface area contributed by atoms with Crippen LogP contribution in [0.15, 0.2) is 59.3 Å². The lowest BCUT2D eigenvalue weighted by Crippen LogP contribution is -2.29. The molecule has 0 saturated carbocycles. The summed E-state index contributed by atoms with van der Waals surface area (Å²) in [4.78, 5) is 26.1. The summed E-state index contributed by atoms with van der Waals surface area (Å²) in [6, 6.07) is 13.1. The molecule has 0 bridgehead atoms. The van der Waals surface area contributed by atoms with Crippen LogP contribution in [-0.2, 0) is 9.53 Å². The first-order valence-electron chi connectivity index (χ1n) is 9.23. The molecule has 0 aromatic heterocycles. The van der Waals surface area contributed by atoms with Crippen molar-refractivity contribution in [3.63, 3.8) is 0 Å². The lowest BCUT2D eigenvalue weighted by Gasteiger charge is -2.29. The second-order valence-electron chi connectivity index (χ2n) is 6.99. The molecule has 2 aliphatic rings. The molecule has 1 aliphatic carbocycles. The highest BCUT2D eigenvalue weighted by molar-refractivity contribution is 6.31. The van der Waals surface area contributed by atoms with Crippen LogP contribution < -0.4 is 5.32 Å². The Morgan fingerprint density at radius 3 is 2.54 bits per heavy atom. The quantitative estimate of drug-likeness (QED) is 0.762. The standard InChI is InChI=1S/C23H20ClNO3/c1-4-28-23(27)18-13(3)25-21-15-7-5-6-8-16(15)22(26)20(21)19(18)14-10-9-12(2)17(24)11-14/h5-11,19,25H,4H2,1-3H3/t19-/m0/s1. The monoisotopic (exact) mass is 393 g/mol. The average molecular weight is 394 g/mol. The van der Waals surface area contributed by atoms with E-state index in [9.17, 15) is 9.59 Å². The molecule has 2 aromatic carbocycles. The van der Waals surface area contributed by atoms with E-state index in [-0.39, 0.29) is 12.4 Å². The highest BCUT2D eigenvalue weighted by Gasteiger charge is 2.42. The van der Waals surface area contributed by atoms with Crippen LogP contribution >= 0.6 is 11.6 Å². The molecular formula is C23H20ClNO3. The zero-order valence-corrected chi connectivity index (χ0v) is 16.7. The molecule has 0 radical (unpaired) electrons. The third-order valence-corrected chi connectivity index (χ3v) is 5.68. The number of ether oxygens (including phenoxy) is 1. The van der Waals surface area contributed by atoms with Crippen LogP contribution in [0.1, 0.15) is 46.8 Å². The van der Waals surface area contributed by atoms with Crippen LogP contribution in [-0.4, -0.2) is 18.4 Å². The Morgan fingerprint density at radius 1 is 1.14 bits per heavy atom. The van der Waals surface area contributed by atoms with E-state index in [1.807, 2.05) is 56.3 Å². The lowest BCUT2D eigenvalue weighted by atomic mass is 9.79. The van der Waals surface area contributed by atoms with Gasteiger partial charge >= 0.3 is 5.97 Å². The molecule has 1 heterocycles. The smallest absolute Gasteiger partial charge is 0.336 e. The fourth-order valence-electron chi connectivity index (χ4n) is 3.93. The van der Waals surface area contributed by atoms with Gasteiger partial charge in [0.15, 0.2) is 5.78 Å². The van der Waals surface area contributed by atoms with Crippen molar-refractivity contribution in [1.82, 2.24) is 5.32 Å². The van der Waals surface area contributed by atoms with Crippen molar-refractivity contribution >= 4 is 29.1 Å². The molecule has 0 fully saturated rings. The zero-order valence-electron chi connectivity index (χ0n) is 15.9. The second kappa shape index (κ2) is 6.95. The van der Waals surface area contributed by atoms with Crippen molar-refractivity contribution in [3.05, 3.63) is 86.6 Å². The number of nitrogens with one attached hydrogen (secondary N) is 1. The van der Waals surface area contributed by atoms with Gasteiger partial charge in [-0.1, -0.05) is 48.0 Å². The number of allylic oxidation sites excluding steroid dienone is 2. The van der Waals surface area contributed by atoms with Crippen molar-refractivity contribution in [2.45, 2.75) is 26.7 Å². The van der Waals surface area contributed by atoms with Crippen molar-refractivity contribution in [2.24, 2.45) is 0 Å². The van der Waals surface area contributed by atoms with Crippen molar-refractivity contribution in [3.8, 4) is 0 Å². The van der Waals surface area contributed by atoms with Crippen LogP contribution in [0.2, 0.25) is 5.02 Å². The van der Waals surface area contributed by atoms with Gasteiger partial charge in [-0.05, 0) is 38.0 Å². The number of Topliss-reactive ketones (excluding diaryl/α,β-unsaturated/α-hetero) is 1. The van der Waals surface area contributed by atoms with Gasteiger partial charge in [0.25, 0.3) is 0 Å². The normalized spacial score (nSPS) is 18.0. The van der Waals surface area contributed by atoms with Gasteiger partial charge in [-0.25, -0.2) is 4.79 Å². The Balaban J connectivity index is 1.94. The molecule has 142 valence electrons. The van der Waals surface area contributed by atoms with Crippen molar-refractivity contribution < 1.29 is 14.3 Å². The van der Waals surface area contributed by atoms with E-state index in [1.165, 1.54) is 0 Å². The van der Waals surface area contributed by atoms with Crippen molar-refractivity contribution in [1.29, 1.82) is 0 Å². The van der Waals surface area contributed by atoms with Crippen LogP contribution in [0.3, 0.4) is 0 Å². The van der Waals surface area contributed by atoms with Crippen LogP contribution in [0.5, 0.6) is 0 Å². The maximum atomic E-state index is 13.3. The molecule has 4 rings (SSSR count). The summed E-state index contributed by atoms with van der Waals surface area (Å²) in [5, 5.41) is 3.88. The summed E-state index contributed by atoms with van der Waals surface area (Å²) >= 11 is 6.38. The van der Waals surface area contributed by atoms with E-state index in [2.05, 4.69) is 5.32 Å². The predicted molar refractivity (Wildman–Crippen MR) is 109 cm³/mol. The number of halogens is 1. The Bertz CT molecular complexity index is 1080. The van der Waals surface area contributed by atoms with E-state index < -0.39 is 11.9 Å². The second-order valence-corrected chi connectivity index (χ2v) is 7.40. The SMILES string of the molecule is CCOC(=O)C1=C(C)NC2=C(C(=O)c3ccccc32)[C@H]1c1ccc(C)c(Cl)c1. The first kappa shape index (κ1) is 18.5. The van der Waals surface area contributed by atoms with Crippen LogP contribution in [0.4, 0.5) is 0 Å². The lowest BCUT2D eigenvalue weighted by molar-refractivity contribution is -0.138. The molecule has 1 aliphatic heterocycles. The highest BCUT2D eigenvalue weighted by Crippen LogP contribution is 2.47. The Morgan fingerprint density at radius 2 is 1.86 bits per heavy atom. The molecule has 0 unspecified atom stereocenters. The molecule has 5 heteroatoms. The number of hydrogen-bond donors (Lipinski definition) is 1. The van der Waals surface area contributed by atoms with Gasteiger partial charge in [0.05, 0.1) is 17.9 Å². The number of dihydropyridines is 1. The number of hydrogen-bond acceptors (Lipinski definition) is 4. The molecular weight excluding hydrogens is 374 g/mol. The Labute approximate surface area is 168 Å². The summed E-state index contributed by atoms with van der Waals surface area (Å²) in [5.41, 5.74) is 5.68. The molecule has 1 atom stereocenters. The minimum absolute atomic E-state index is 0.0749. The van der Waals surface area contributed by atoms with E-state index in [4.69, 9.17) is 16.3 Å². The van der Waals surface area contributed by atoms with Gasteiger partial charge < -0.3 is 10.1 Å². The molecule has 28 heavy (non-hydrogen) atoms. The summed E-state index contributed by atoms with van der Waals surface area (Å²) in [6.45, 7) is 5.79. The molecule has 0 amide bonds. The largest absolute Gasteiger partial charge is 0.463 e. The number of rotatable bonds is 3. The Kier molecular flexibility index (Phi) is 4.60. The maximum Gasteiger partial charge on any atom is 0.336 e. The van der Waals surface area contributed by atoms with Gasteiger partial charge in [-0.15, -0.1) is 0 Å². The van der Waals surface area contributed by atoms with Gasteiger partial charge in [-0.3, -0.25) is 4.79 Å². The minimum atomic E-state index is -0.534. The van der Waals surface area contributed by atoms with Crippen LogP contribution in [0, 0.1) is 6.92 Å². The summed E-state index contributed by atoms with van der Waals surface area (Å²) in [6.07, 6.45) is 0. The zero-order chi connectivity index (χ0) is 20.0. The fourth-order valence-corrected chi connectivity index (χ4v) is 4.12. The van der Waals surface area contributed by atoms with E-state index in [0.717, 1.165) is 22.4 Å². The van der Waals surface area contributed by atoms with Crippen LogP contribution in [0.25, 0.3) is 5.70 Å². The third-order valence-electron chi connectivity index (χ3n) is 5.27. The number of aryl methyl sites for hydroxylation is 1. The van der Waals surface area contributed by atoms with E-state index in [1.54, 1.807) is 6.92 Å². The van der Waals surface area contributed by atoms with E-state index in [0.29, 0.717) is 27.4 Å². The van der Waals surface area contributed by atoms with Crippen molar-refractivity contribution in [2.75, 3.05) is 6.61 Å². The third kappa shape index (κ3) is 2.76. The number of carbonyl (C=O) groups excluding carboxylic acids is 2.